The molecule has 0 aliphatic heterocycles. The minimum Gasteiger partial charge on any atom is -0.497 e. The second-order valence-electron chi connectivity index (χ2n) is 2.38. The number of ether oxygens (including phenoxy) is 1. The topological polar surface area (TPSA) is 26.3 Å². The number of hydrogen-bond donors (Lipinski definition) is 0. The summed E-state index contributed by atoms with van der Waals surface area (Å²) in [4.78, 5) is 0.738. The van der Waals surface area contributed by atoms with Crippen LogP contribution >= 0.6 is 31.9 Å². The summed E-state index contributed by atoms with van der Waals surface area (Å²) >= 11 is 6.32. The Kier molecular flexibility index (Phi) is 4.84. The first-order chi connectivity index (χ1) is 6.63. The molecule has 1 aromatic rings. The predicted molar refractivity (Wildman–Crippen MR) is 65.3 cm³/mol. The molecule has 0 saturated carbocycles. The van der Waals surface area contributed by atoms with E-state index < -0.39 is 10.8 Å². The van der Waals surface area contributed by atoms with Crippen LogP contribution in [-0.4, -0.2) is 11.3 Å². The number of benzene rings is 1. The molecule has 0 amide bonds. The van der Waals surface area contributed by atoms with Crippen molar-refractivity contribution in [3.63, 3.8) is 0 Å². The van der Waals surface area contributed by atoms with Gasteiger partial charge in [0.2, 0.25) is 0 Å². The lowest BCUT2D eigenvalue weighted by molar-refractivity contribution is 0.414. The van der Waals surface area contributed by atoms with Gasteiger partial charge in [-0.3, -0.25) is 0 Å². The van der Waals surface area contributed by atoms with Gasteiger partial charge in [0, 0.05) is 10.3 Å². The van der Waals surface area contributed by atoms with Crippen LogP contribution in [0.1, 0.15) is 0 Å². The molecule has 1 atom stereocenters. The van der Waals surface area contributed by atoms with Crippen LogP contribution in [0.2, 0.25) is 0 Å². The molecular formula is C9H8Br2O2S. The van der Waals surface area contributed by atoms with Gasteiger partial charge in [-0.25, -0.2) is 4.21 Å². The molecule has 0 radical (unpaired) electrons. The first-order valence-corrected chi connectivity index (χ1v) is 6.51. The van der Waals surface area contributed by atoms with E-state index >= 15 is 0 Å². The highest BCUT2D eigenvalue weighted by Gasteiger charge is 2.00. The van der Waals surface area contributed by atoms with Crippen LogP contribution in [0.5, 0.6) is 5.75 Å². The van der Waals surface area contributed by atoms with Gasteiger partial charge in [-0.1, -0.05) is 0 Å². The van der Waals surface area contributed by atoms with E-state index in [-0.39, 0.29) is 0 Å². The van der Waals surface area contributed by atoms with Crippen LogP contribution in [0.4, 0.5) is 0 Å². The van der Waals surface area contributed by atoms with Crippen LogP contribution in [0.3, 0.4) is 0 Å². The van der Waals surface area contributed by atoms with Gasteiger partial charge in [0.1, 0.15) is 5.75 Å². The lowest BCUT2D eigenvalue weighted by atomic mass is 10.3. The second kappa shape index (κ2) is 5.68. The van der Waals surface area contributed by atoms with E-state index in [1.165, 1.54) is 0 Å². The second-order valence-corrected chi connectivity index (χ2v) is 6.46. The van der Waals surface area contributed by atoms with E-state index in [9.17, 15) is 4.21 Å². The monoisotopic (exact) mass is 338 g/mol. The summed E-state index contributed by atoms with van der Waals surface area (Å²) in [5, 5.41) is 1.57. The van der Waals surface area contributed by atoms with Crippen molar-refractivity contribution in [2.45, 2.75) is 4.90 Å². The molecule has 1 aromatic carbocycles. The highest BCUT2D eigenvalue weighted by Crippen LogP contribution is 2.19. The molecule has 0 aliphatic carbocycles. The number of halogens is 2. The molecule has 14 heavy (non-hydrogen) atoms. The molecule has 0 aromatic heterocycles. The van der Waals surface area contributed by atoms with Crippen molar-refractivity contribution in [2.75, 3.05) is 7.11 Å². The van der Waals surface area contributed by atoms with Gasteiger partial charge in [-0.05, 0) is 56.1 Å². The molecule has 0 aliphatic rings. The van der Waals surface area contributed by atoms with Crippen molar-refractivity contribution in [3.05, 3.63) is 33.1 Å². The van der Waals surface area contributed by atoms with Gasteiger partial charge >= 0.3 is 0 Å². The standard InChI is InChI=1S/C9H8Br2O2S/c1-13-7-2-4-8(5-3-7)14(12)6-9(10)11/h2-6H,1H3. The molecular weight excluding hydrogens is 332 g/mol. The fourth-order valence-corrected chi connectivity index (χ4v) is 2.58. The molecule has 0 heterocycles. The minimum atomic E-state index is -1.14. The van der Waals surface area contributed by atoms with Crippen molar-refractivity contribution in [1.82, 2.24) is 0 Å². The van der Waals surface area contributed by atoms with Gasteiger partial charge in [-0.2, -0.15) is 0 Å². The van der Waals surface area contributed by atoms with Gasteiger partial charge in [-0.15, -0.1) is 0 Å². The minimum absolute atomic E-state index is 0.680. The van der Waals surface area contributed by atoms with Gasteiger partial charge in [0.05, 0.1) is 21.3 Å². The maximum Gasteiger partial charge on any atom is 0.118 e. The zero-order chi connectivity index (χ0) is 10.6. The van der Waals surface area contributed by atoms with Crippen molar-refractivity contribution in [2.24, 2.45) is 0 Å². The van der Waals surface area contributed by atoms with Crippen LogP contribution in [0.15, 0.2) is 38.0 Å². The smallest absolute Gasteiger partial charge is 0.118 e. The molecule has 1 rings (SSSR count). The maximum absolute atomic E-state index is 11.6. The van der Waals surface area contributed by atoms with Crippen LogP contribution in [0, 0.1) is 0 Å². The molecule has 76 valence electrons. The van der Waals surface area contributed by atoms with E-state index in [0.29, 0.717) is 3.39 Å². The highest BCUT2D eigenvalue weighted by molar-refractivity contribution is 9.28. The molecule has 0 saturated heterocycles. The van der Waals surface area contributed by atoms with E-state index in [0.717, 1.165) is 10.6 Å². The van der Waals surface area contributed by atoms with Crippen molar-refractivity contribution in [1.29, 1.82) is 0 Å². The number of methoxy groups -OCH3 is 1. The van der Waals surface area contributed by atoms with Gasteiger partial charge in [0.15, 0.2) is 0 Å². The quantitative estimate of drug-likeness (QED) is 0.843. The fraction of sp³-hybridized carbons (Fsp3) is 0.111. The SMILES string of the molecule is COc1ccc(S(=O)C=C(Br)Br)cc1. The lowest BCUT2D eigenvalue weighted by Crippen LogP contribution is -1.87. The Balaban J connectivity index is 2.87. The first-order valence-electron chi connectivity index (χ1n) is 3.71. The first kappa shape index (κ1) is 11.9. The Morgan fingerprint density at radius 2 is 1.93 bits per heavy atom. The molecule has 1 unspecified atom stereocenters. The summed E-state index contributed by atoms with van der Waals surface area (Å²) < 4.78 is 17.3. The summed E-state index contributed by atoms with van der Waals surface area (Å²) in [6.45, 7) is 0. The van der Waals surface area contributed by atoms with Crippen LogP contribution in [0.25, 0.3) is 0 Å². The lowest BCUT2D eigenvalue weighted by Gasteiger charge is -2.00. The van der Waals surface area contributed by atoms with Crippen molar-refractivity contribution < 1.29 is 8.95 Å². The Bertz CT molecular complexity index is 356. The Labute approximate surface area is 102 Å². The largest absolute Gasteiger partial charge is 0.497 e. The number of rotatable bonds is 3. The third kappa shape index (κ3) is 3.55. The number of hydrogen-bond acceptors (Lipinski definition) is 2. The summed E-state index contributed by atoms with van der Waals surface area (Å²) in [5.74, 6) is 0.757. The van der Waals surface area contributed by atoms with Gasteiger partial charge in [0.25, 0.3) is 0 Å². The molecule has 0 N–H and O–H groups in total. The predicted octanol–water partition coefficient (Wildman–Crippen LogP) is 3.39. The fourth-order valence-electron chi connectivity index (χ4n) is 0.859. The summed E-state index contributed by atoms with van der Waals surface area (Å²) in [5.41, 5.74) is 0. The van der Waals surface area contributed by atoms with E-state index in [2.05, 4.69) is 31.9 Å². The van der Waals surface area contributed by atoms with Crippen LogP contribution < -0.4 is 4.74 Å². The molecule has 0 fully saturated rings. The Morgan fingerprint density at radius 1 is 1.36 bits per heavy atom. The molecule has 2 nitrogen and oxygen atoms in total. The molecule has 0 spiro atoms. The third-order valence-electron chi connectivity index (χ3n) is 1.49. The van der Waals surface area contributed by atoms with Crippen LogP contribution in [-0.2, 0) is 10.8 Å². The summed E-state index contributed by atoms with van der Waals surface area (Å²) in [6, 6.07) is 7.11. The average molecular weight is 340 g/mol. The average Bonchev–Trinajstić information content (AvgIpc) is 2.17. The highest BCUT2D eigenvalue weighted by atomic mass is 79.9. The Hall–Kier alpha value is -0.130. The molecule has 0 bridgehead atoms. The zero-order valence-electron chi connectivity index (χ0n) is 7.37. The zero-order valence-corrected chi connectivity index (χ0v) is 11.4. The van der Waals surface area contributed by atoms with Crippen molar-refractivity contribution in [3.8, 4) is 5.75 Å². The molecule has 5 heteroatoms. The summed E-state index contributed by atoms with van der Waals surface area (Å²) in [7, 11) is 0.463. The summed E-state index contributed by atoms with van der Waals surface area (Å²) in [6.07, 6.45) is 0. The normalized spacial score (nSPS) is 11.9. The Morgan fingerprint density at radius 3 is 2.36 bits per heavy atom. The van der Waals surface area contributed by atoms with E-state index in [1.807, 2.05) is 0 Å². The maximum atomic E-state index is 11.6. The third-order valence-corrected chi connectivity index (χ3v) is 3.74. The van der Waals surface area contributed by atoms with E-state index in [1.54, 1.807) is 36.8 Å². The van der Waals surface area contributed by atoms with Gasteiger partial charge < -0.3 is 4.74 Å². The van der Waals surface area contributed by atoms with E-state index in [4.69, 9.17) is 4.74 Å². The van der Waals surface area contributed by atoms with Crippen molar-refractivity contribution >= 4 is 42.7 Å².